The van der Waals surface area contributed by atoms with E-state index in [0.29, 0.717) is 18.9 Å². The van der Waals surface area contributed by atoms with Gasteiger partial charge in [0.2, 0.25) is 11.6 Å². The second kappa shape index (κ2) is 8.87. The highest BCUT2D eigenvalue weighted by Crippen LogP contribution is 2.34. The Morgan fingerprint density at radius 2 is 1.50 bits per heavy atom. The van der Waals surface area contributed by atoms with Gasteiger partial charge in [-0.3, -0.25) is 15.0 Å². The summed E-state index contributed by atoms with van der Waals surface area (Å²) >= 11 is 0. The van der Waals surface area contributed by atoms with Gasteiger partial charge in [-0.2, -0.15) is 0 Å². The molecule has 8 nitrogen and oxygen atoms in total. The van der Waals surface area contributed by atoms with E-state index in [-0.39, 0.29) is 17.5 Å². The molecule has 0 radical (unpaired) electrons. The fraction of sp³-hybridized carbons (Fsp3) is 0.273. The van der Waals surface area contributed by atoms with E-state index in [1.807, 2.05) is 17.0 Å². The molecule has 0 atom stereocenters. The van der Waals surface area contributed by atoms with Crippen LogP contribution in [-0.4, -0.2) is 53.0 Å². The van der Waals surface area contributed by atoms with Gasteiger partial charge >= 0.3 is 5.69 Å². The lowest BCUT2D eigenvalue weighted by molar-refractivity contribution is -0.383. The van der Waals surface area contributed by atoms with Crippen LogP contribution < -0.4 is 10.2 Å². The molecule has 154 valence electrons. The molecule has 1 fully saturated rings. The third-order valence-corrected chi connectivity index (χ3v) is 5.43. The van der Waals surface area contributed by atoms with Gasteiger partial charge in [-0.25, -0.2) is 9.97 Å². The summed E-state index contributed by atoms with van der Waals surface area (Å²) in [6, 6.07) is 21.0. The molecule has 0 amide bonds. The van der Waals surface area contributed by atoms with Crippen molar-refractivity contribution in [2.24, 2.45) is 0 Å². The van der Waals surface area contributed by atoms with Crippen molar-refractivity contribution in [3.63, 3.8) is 0 Å². The number of nitro groups is 1. The Balaban J connectivity index is 1.59. The van der Waals surface area contributed by atoms with E-state index in [9.17, 15) is 10.1 Å². The molecule has 8 heteroatoms. The van der Waals surface area contributed by atoms with Crippen molar-refractivity contribution < 1.29 is 4.92 Å². The fourth-order valence-electron chi connectivity index (χ4n) is 4.03. The molecule has 1 N–H and O–H groups in total. The van der Waals surface area contributed by atoms with Crippen molar-refractivity contribution in [2.75, 3.05) is 43.4 Å². The molecule has 0 aliphatic carbocycles. The Morgan fingerprint density at radius 1 is 0.933 bits per heavy atom. The maximum atomic E-state index is 11.6. The summed E-state index contributed by atoms with van der Waals surface area (Å²) in [6.45, 7) is 2.84. The Bertz CT molecular complexity index is 952. The number of piperazine rings is 1. The minimum absolute atomic E-state index is 0.0730. The first-order valence-corrected chi connectivity index (χ1v) is 9.95. The van der Waals surface area contributed by atoms with Crippen LogP contribution in [0.15, 0.2) is 67.0 Å². The first kappa shape index (κ1) is 19.8. The van der Waals surface area contributed by atoms with Gasteiger partial charge in [0.25, 0.3) is 0 Å². The third kappa shape index (κ3) is 3.95. The van der Waals surface area contributed by atoms with Crippen LogP contribution >= 0.6 is 0 Å². The Hall–Kier alpha value is -3.52. The molecule has 0 saturated carbocycles. The molecule has 1 aliphatic heterocycles. The van der Waals surface area contributed by atoms with Crippen molar-refractivity contribution in [3.05, 3.63) is 88.2 Å². The number of benzene rings is 2. The fourth-order valence-corrected chi connectivity index (χ4v) is 4.03. The lowest BCUT2D eigenvalue weighted by Crippen LogP contribution is -2.48. The molecule has 1 aliphatic rings. The average Bonchev–Trinajstić information content (AvgIpc) is 2.80. The number of nitrogens with one attached hydrogen (secondary N) is 1. The van der Waals surface area contributed by atoms with Crippen molar-refractivity contribution in [3.8, 4) is 0 Å². The maximum absolute atomic E-state index is 11.6. The molecule has 1 aromatic heterocycles. The van der Waals surface area contributed by atoms with Crippen molar-refractivity contribution in [1.82, 2.24) is 14.9 Å². The zero-order valence-electron chi connectivity index (χ0n) is 16.8. The molecule has 3 aromatic rings. The highest BCUT2D eigenvalue weighted by atomic mass is 16.6. The van der Waals surface area contributed by atoms with Gasteiger partial charge in [0.15, 0.2) is 0 Å². The molecule has 0 bridgehead atoms. The number of hydrogen-bond acceptors (Lipinski definition) is 7. The second-order valence-electron chi connectivity index (χ2n) is 7.15. The summed E-state index contributed by atoms with van der Waals surface area (Å²) in [5.74, 6) is 0.605. The molecule has 0 unspecified atom stereocenters. The van der Waals surface area contributed by atoms with E-state index in [0.717, 1.165) is 13.1 Å². The van der Waals surface area contributed by atoms with E-state index in [4.69, 9.17) is 0 Å². The standard InChI is InChI=1S/C22H24N6O2/c1-23-21-20(28(29)30)22(25-16-24-21)27-14-12-26(13-15-27)19(17-8-4-2-5-9-17)18-10-6-3-7-11-18/h2-11,16,19H,12-15H2,1H3,(H,23,24,25). The average molecular weight is 404 g/mol. The van der Waals surface area contributed by atoms with Gasteiger partial charge < -0.3 is 10.2 Å². The summed E-state index contributed by atoms with van der Waals surface area (Å²) in [7, 11) is 1.63. The molecule has 1 saturated heterocycles. The first-order chi connectivity index (χ1) is 14.7. The van der Waals surface area contributed by atoms with Crippen molar-refractivity contribution in [2.45, 2.75) is 6.04 Å². The number of aromatic nitrogens is 2. The minimum Gasteiger partial charge on any atom is -0.367 e. The summed E-state index contributed by atoms with van der Waals surface area (Å²) in [5, 5.41) is 14.4. The number of nitrogens with zero attached hydrogens (tertiary/aromatic N) is 5. The molecule has 2 heterocycles. The SMILES string of the molecule is CNc1ncnc(N2CCN(C(c3ccccc3)c3ccccc3)CC2)c1[N+](=O)[O-]. The molecular weight excluding hydrogens is 380 g/mol. The van der Waals surface area contributed by atoms with Crippen LogP contribution in [0.3, 0.4) is 0 Å². The molecule has 4 rings (SSSR count). The van der Waals surface area contributed by atoms with E-state index in [1.165, 1.54) is 17.5 Å². The lowest BCUT2D eigenvalue weighted by Gasteiger charge is -2.40. The summed E-state index contributed by atoms with van der Waals surface area (Å²) in [6.07, 6.45) is 1.37. The quantitative estimate of drug-likeness (QED) is 0.498. The van der Waals surface area contributed by atoms with Crippen LogP contribution in [0.2, 0.25) is 0 Å². The van der Waals surface area contributed by atoms with Gasteiger partial charge in [0, 0.05) is 33.2 Å². The van der Waals surface area contributed by atoms with Gasteiger partial charge in [-0.1, -0.05) is 60.7 Å². The molecular formula is C22H24N6O2. The minimum atomic E-state index is -0.412. The zero-order valence-corrected chi connectivity index (χ0v) is 16.8. The van der Waals surface area contributed by atoms with E-state index in [1.54, 1.807) is 7.05 Å². The van der Waals surface area contributed by atoms with E-state index < -0.39 is 4.92 Å². The van der Waals surface area contributed by atoms with Crippen LogP contribution in [0.5, 0.6) is 0 Å². The number of rotatable bonds is 6. The molecule has 0 spiro atoms. The first-order valence-electron chi connectivity index (χ1n) is 9.95. The highest BCUT2D eigenvalue weighted by molar-refractivity contribution is 5.70. The largest absolute Gasteiger partial charge is 0.367 e. The van der Waals surface area contributed by atoms with Gasteiger partial charge in [-0.15, -0.1) is 0 Å². The highest BCUT2D eigenvalue weighted by Gasteiger charge is 2.31. The van der Waals surface area contributed by atoms with Crippen LogP contribution in [0, 0.1) is 10.1 Å². The summed E-state index contributed by atoms with van der Waals surface area (Å²) < 4.78 is 0. The van der Waals surface area contributed by atoms with Crippen LogP contribution in [0.1, 0.15) is 17.2 Å². The smallest absolute Gasteiger partial charge is 0.353 e. The topological polar surface area (TPSA) is 87.4 Å². The van der Waals surface area contributed by atoms with Gasteiger partial charge in [-0.05, 0) is 11.1 Å². The lowest BCUT2D eigenvalue weighted by atomic mass is 9.96. The van der Waals surface area contributed by atoms with E-state index >= 15 is 0 Å². The van der Waals surface area contributed by atoms with Crippen LogP contribution in [-0.2, 0) is 0 Å². The summed E-state index contributed by atoms with van der Waals surface area (Å²) in [4.78, 5) is 23.9. The second-order valence-corrected chi connectivity index (χ2v) is 7.15. The van der Waals surface area contributed by atoms with Crippen molar-refractivity contribution in [1.29, 1.82) is 0 Å². The normalized spacial score (nSPS) is 14.7. The predicted octanol–water partition coefficient (Wildman–Crippen LogP) is 3.34. The monoisotopic (exact) mass is 404 g/mol. The van der Waals surface area contributed by atoms with Crippen LogP contribution in [0.4, 0.5) is 17.3 Å². The third-order valence-electron chi connectivity index (χ3n) is 5.43. The Kier molecular flexibility index (Phi) is 5.85. The van der Waals surface area contributed by atoms with E-state index in [2.05, 4.69) is 68.7 Å². The Morgan fingerprint density at radius 3 is 2.00 bits per heavy atom. The molecule has 30 heavy (non-hydrogen) atoms. The Labute approximate surface area is 175 Å². The molecule has 2 aromatic carbocycles. The van der Waals surface area contributed by atoms with Gasteiger partial charge in [0.05, 0.1) is 11.0 Å². The van der Waals surface area contributed by atoms with Gasteiger partial charge in [0.1, 0.15) is 6.33 Å². The maximum Gasteiger partial charge on any atom is 0.353 e. The number of anilines is 2. The summed E-state index contributed by atoms with van der Waals surface area (Å²) in [5.41, 5.74) is 2.40. The van der Waals surface area contributed by atoms with Crippen molar-refractivity contribution >= 4 is 17.3 Å². The zero-order chi connectivity index (χ0) is 20.9. The predicted molar refractivity (Wildman–Crippen MR) is 117 cm³/mol. The number of hydrogen-bond donors (Lipinski definition) is 1. The van der Waals surface area contributed by atoms with Crippen LogP contribution in [0.25, 0.3) is 0 Å².